The van der Waals surface area contributed by atoms with Gasteiger partial charge in [-0.2, -0.15) is 0 Å². The van der Waals surface area contributed by atoms with Crippen LogP contribution < -0.4 is 5.73 Å². The minimum Gasteiger partial charge on any atom is -0.477 e. The summed E-state index contributed by atoms with van der Waals surface area (Å²) in [5.74, 6) is -1.55. The molecule has 1 aromatic rings. The number of nitrogen functional groups attached to an aromatic ring is 1. The molecule has 0 aromatic heterocycles. The molecule has 0 saturated heterocycles. The molecule has 1 rings (SSSR count). The van der Waals surface area contributed by atoms with E-state index in [0.717, 1.165) is 18.4 Å². The van der Waals surface area contributed by atoms with E-state index in [1.54, 1.807) is 0 Å². The lowest BCUT2D eigenvalue weighted by Gasteiger charge is -2.06. The molecule has 92 valence electrons. The zero-order chi connectivity index (χ0) is 13.4. The van der Waals surface area contributed by atoms with Crippen molar-refractivity contribution in [3.8, 4) is 0 Å². The van der Waals surface area contributed by atoms with Gasteiger partial charge in [0.2, 0.25) is 0 Å². The van der Waals surface area contributed by atoms with Gasteiger partial charge in [-0.05, 0) is 12.1 Å². The topological polar surface area (TPSA) is 141 Å². The zero-order valence-electron chi connectivity index (χ0n) is 8.58. The van der Waals surface area contributed by atoms with Crippen molar-refractivity contribution in [1.29, 1.82) is 0 Å². The molecular formula is C8H8N2O6S. The van der Waals surface area contributed by atoms with Crippen molar-refractivity contribution < 1.29 is 23.2 Å². The number of nitro groups is 1. The average molecular weight is 260 g/mol. The van der Waals surface area contributed by atoms with Gasteiger partial charge in [0.05, 0.1) is 9.82 Å². The largest absolute Gasteiger partial charge is 0.477 e. The van der Waals surface area contributed by atoms with Gasteiger partial charge in [0.25, 0.3) is 0 Å². The highest BCUT2D eigenvalue weighted by atomic mass is 32.2. The van der Waals surface area contributed by atoms with Gasteiger partial charge >= 0.3 is 11.7 Å². The minimum atomic E-state index is -3.75. The first kappa shape index (κ1) is 12.9. The van der Waals surface area contributed by atoms with Crippen molar-refractivity contribution in [2.45, 2.75) is 4.90 Å². The summed E-state index contributed by atoms with van der Waals surface area (Å²) in [6.07, 6.45) is 0.822. The lowest BCUT2D eigenvalue weighted by Crippen LogP contribution is -2.10. The first-order chi connectivity index (χ1) is 7.66. The lowest BCUT2D eigenvalue weighted by molar-refractivity contribution is -0.384. The van der Waals surface area contributed by atoms with Gasteiger partial charge in [-0.3, -0.25) is 10.1 Å². The highest BCUT2D eigenvalue weighted by Crippen LogP contribution is 2.32. The van der Waals surface area contributed by atoms with Crippen LogP contribution in [0.4, 0.5) is 11.4 Å². The van der Waals surface area contributed by atoms with Gasteiger partial charge in [0, 0.05) is 6.26 Å². The summed E-state index contributed by atoms with van der Waals surface area (Å²) in [5, 5.41) is 19.4. The van der Waals surface area contributed by atoms with Crippen LogP contribution >= 0.6 is 0 Å². The Morgan fingerprint density at radius 1 is 1.47 bits per heavy atom. The number of aromatic carboxylic acids is 1. The number of hydrogen-bond donors (Lipinski definition) is 2. The molecule has 0 heterocycles. The Hall–Kier alpha value is -2.16. The molecule has 0 aliphatic carbocycles. The van der Waals surface area contributed by atoms with Crippen LogP contribution in [-0.2, 0) is 9.84 Å². The predicted octanol–water partition coefficient (Wildman–Crippen LogP) is 0.279. The van der Waals surface area contributed by atoms with E-state index in [-0.39, 0.29) is 0 Å². The van der Waals surface area contributed by atoms with Crippen LogP contribution in [0.1, 0.15) is 10.4 Å². The Balaban J connectivity index is 3.73. The van der Waals surface area contributed by atoms with E-state index in [1.165, 1.54) is 0 Å². The van der Waals surface area contributed by atoms with E-state index in [4.69, 9.17) is 10.8 Å². The van der Waals surface area contributed by atoms with Crippen molar-refractivity contribution in [1.82, 2.24) is 0 Å². The Labute approximate surface area is 95.7 Å². The van der Waals surface area contributed by atoms with Crippen molar-refractivity contribution in [2.75, 3.05) is 12.0 Å². The zero-order valence-corrected chi connectivity index (χ0v) is 9.39. The summed E-state index contributed by atoms with van der Waals surface area (Å²) in [4.78, 5) is 19.9. The fraction of sp³-hybridized carbons (Fsp3) is 0.125. The third-order valence-electron chi connectivity index (χ3n) is 1.99. The fourth-order valence-corrected chi connectivity index (χ4v) is 2.09. The summed E-state index contributed by atoms with van der Waals surface area (Å²) < 4.78 is 22.5. The smallest absolute Gasteiger partial charge is 0.342 e. The van der Waals surface area contributed by atoms with Crippen molar-refractivity contribution in [2.24, 2.45) is 0 Å². The fourth-order valence-electron chi connectivity index (χ4n) is 1.28. The highest BCUT2D eigenvalue weighted by molar-refractivity contribution is 7.90. The molecule has 9 heteroatoms. The Kier molecular flexibility index (Phi) is 3.05. The molecular weight excluding hydrogens is 252 g/mol. The number of benzene rings is 1. The highest BCUT2D eigenvalue weighted by Gasteiger charge is 2.28. The molecule has 0 amide bonds. The van der Waals surface area contributed by atoms with Gasteiger partial charge in [-0.15, -0.1) is 0 Å². The summed E-state index contributed by atoms with van der Waals surface area (Å²) in [6.45, 7) is 0. The maximum absolute atomic E-state index is 11.3. The number of nitrogens with two attached hydrogens (primary N) is 1. The van der Waals surface area contributed by atoms with Gasteiger partial charge < -0.3 is 10.8 Å². The Bertz CT molecular complexity index is 607. The van der Waals surface area contributed by atoms with Crippen LogP contribution in [0.25, 0.3) is 0 Å². The van der Waals surface area contributed by atoms with Crippen LogP contribution in [0.15, 0.2) is 17.0 Å². The van der Waals surface area contributed by atoms with Gasteiger partial charge in [-0.1, -0.05) is 0 Å². The van der Waals surface area contributed by atoms with E-state index in [9.17, 15) is 23.3 Å². The normalized spacial score (nSPS) is 11.1. The number of nitrogens with zero attached hydrogens (tertiary/aromatic N) is 1. The monoisotopic (exact) mass is 260 g/mol. The number of rotatable bonds is 3. The molecule has 0 aliphatic heterocycles. The van der Waals surface area contributed by atoms with E-state index < -0.39 is 42.6 Å². The van der Waals surface area contributed by atoms with E-state index in [2.05, 4.69) is 0 Å². The molecule has 0 unspecified atom stereocenters. The van der Waals surface area contributed by atoms with E-state index in [1.807, 2.05) is 0 Å². The van der Waals surface area contributed by atoms with Crippen LogP contribution in [0.5, 0.6) is 0 Å². The number of carboxylic acid groups (broad SMARTS) is 1. The van der Waals surface area contributed by atoms with Crippen LogP contribution in [-0.4, -0.2) is 30.7 Å². The first-order valence-corrected chi connectivity index (χ1v) is 6.05. The molecule has 0 atom stereocenters. The van der Waals surface area contributed by atoms with Gasteiger partial charge in [-0.25, -0.2) is 13.2 Å². The maximum atomic E-state index is 11.3. The molecule has 0 aliphatic rings. The predicted molar refractivity (Wildman–Crippen MR) is 57.6 cm³/mol. The molecule has 1 aromatic carbocycles. The van der Waals surface area contributed by atoms with E-state index >= 15 is 0 Å². The average Bonchev–Trinajstić information content (AvgIpc) is 2.13. The summed E-state index contributed by atoms with van der Waals surface area (Å²) in [7, 11) is -3.75. The quantitative estimate of drug-likeness (QED) is 0.451. The van der Waals surface area contributed by atoms with Crippen molar-refractivity contribution in [3.05, 3.63) is 27.8 Å². The van der Waals surface area contributed by atoms with Crippen LogP contribution in [0.2, 0.25) is 0 Å². The number of carbonyl (C=O) groups is 1. The van der Waals surface area contributed by atoms with Gasteiger partial charge in [0.15, 0.2) is 9.84 Å². The second kappa shape index (κ2) is 4.01. The van der Waals surface area contributed by atoms with Gasteiger partial charge in [0.1, 0.15) is 11.3 Å². The molecule has 0 radical (unpaired) electrons. The molecule has 3 N–H and O–H groups in total. The van der Waals surface area contributed by atoms with Crippen LogP contribution in [0.3, 0.4) is 0 Å². The summed E-state index contributed by atoms with van der Waals surface area (Å²) >= 11 is 0. The van der Waals surface area contributed by atoms with Crippen molar-refractivity contribution >= 4 is 27.2 Å². The first-order valence-electron chi connectivity index (χ1n) is 4.16. The Morgan fingerprint density at radius 2 is 2.00 bits per heavy atom. The number of nitro benzene ring substituents is 1. The molecule has 0 fully saturated rings. The maximum Gasteiger partial charge on any atom is 0.342 e. The minimum absolute atomic E-state index is 0.464. The SMILES string of the molecule is CS(=O)(=O)c1ccc(C(=O)O)c([N+](=O)[O-])c1N. The third-order valence-corrected chi connectivity index (χ3v) is 3.14. The van der Waals surface area contributed by atoms with Crippen LogP contribution in [0, 0.1) is 10.1 Å². The second-order valence-electron chi connectivity index (χ2n) is 3.21. The Morgan fingerprint density at radius 3 is 2.35 bits per heavy atom. The second-order valence-corrected chi connectivity index (χ2v) is 5.19. The molecule has 0 bridgehead atoms. The molecule has 8 nitrogen and oxygen atoms in total. The summed E-state index contributed by atoms with van der Waals surface area (Å²) in [6, 6.07) is 1.77. The van der Waals surface area contributed by atoms with E-state index in [0.29, 0.717) is 0 Å². The number of hydrogen-bond acceptors (Lipinski definition) is 6. The van der Waals surface area contributed by atoms with Crippen molar-refractivity contribution in [3.63, 3.8) is 0 Å². The molecule has 17 heavy (non-hydrogen) atoms. The number of sulfone groups is 1. The lowest BCUT2D eigenvalue weighted by atomic mass is 10.1. The summed E-state index contributed by atoms with van der Waals surface area (Å²) in [5.41, 5.74) is 3.09. The number of anilines is 1. The third kappa shape index (κ3) is 2.33. The standard InChI is InChI=1S/C8H8N2O6S/c1-17(15,16)5-3-2-4(8(11)12)7(6(5)9)10(13)14/h2-3H,9H2,1H3,(H,11,12). The molecule has 0 saturated carbocycles. The molecule has 0 spiro atoms. The number of carboxylic acids is 1.